The fourth-order valence-corrected chi connectivity index (χ4v) is 4.89. The van der Waals surface area contributed by atoms with E-state index in [4.69, 9.17) is 21.7 Å². The Labute approximate surface area is 207 Å². The smallest absolute Gasteiger partial charge is 0.165 e. The van der Waals surface area contributed by atoms with Gasteiger partial charge in [0.2, 0.25) is 0 Å². The van der Waals surface area contributed by atoms with Crippen molar-refractivity contribution in [1.82, 2.24) is 14.6 Å². The Kier molecular flexibility index (Phi) is 5.76. The monoisotopic (exact) mass is 473 g/mol. The summed E-state index contributed by atoms with van der Waals surface area (Å²) < 4.78 is 2.04. The van der Waals surface area contributed by atoms with E-state index in [0.29, 0.717) is 0 Å². The van der Waals surface area contributed by atoms with Gasteiger partial charge in [-0.1, -0.05) is 62.7 Å². The van der Waals surface area contributed by atoms with Gasteiger partial charge >= 0.3 is 0 Å². The van der Waals surface area contributed by atoms with Crippen LogP contribution in [0.3, 0.4) is 0 Å². The summed E-state index contributed by atoms with van der Waals surface area (Å²) in [6, 6.07) is 18.8. The number of aromatic nitrogens is 3. The van der Waals surface area contributed by atoms with Gasteiger partial charge in [0.15, 0.2) is 5.65 Å². The fraction of sp³-hybridized carbons (Fsp3) is 0.357. The Hall–Kier alpha value is -3.05. The van der Waals surface area contributed by atoms with E-state index in [1.165, 1.54) is 11.3 Å². The van der Waals surface area contributed by atoms with E-state index >= 15 is 0 Å². The summed E-state index contributed by atoms with van der Waals surface area (Å²) in [6.45, 7) is 14.7. The second-order valence-corrected chi connectivity index (χ2v) is 10.6. The van der Waals surface area contributed by atoms with E-state index in [9.17, 15) is 0 Å². The lowest BCUT2D eigenvalue weighted by Crippen LogP contribution is -2.47. The number of rotatable bonds is 3. The van der Waals surface area contributed by atoms with E-state index in [0.717, 1.165) is 65.2 Å². The van der Waals surface area contributed by atoms with Gasteiger partial charge in [-0.05, 0) is 43.2 Å². The third-order valence-electron chi connectivity index (χ3n) is 6.71. The van der Waals surface area contributed by atoms with Crippen molar-refractivity contribution in [2.24, 2.45) is 0 Å². The molecule has 0 spiro atoms. The molecule has 0 radical (unpaired) electrons. The standard InChI is InChI=1S/C28H32ClN5/c1-19-8-6-7-9-23(19)32-14-16-33(17-15-32)25-18-24(28(3,4)5)30-27-26(20(2)31-34(25)27)21-10-12-22(29)13-11-21/h6-13,18H,14-17H2,1-5H3. The molecule has 5 nitrogen and oxygen atoms in total. The molecule has 0 aliphatic carbocycles. The molecule has 0 atom stereocenters. The molecule has 0 unspecified atom stereocenters. The highest BCUT2D eigenvalue weighted by Gasteiger charge is 2.26. The molecule has 34 heavy (non-hydrogen) atoms. The Balaban J connectivity index is 1.57. The Bertz CT molecular complexity index is 1330. The van der Waals surface area contributed by atoms with Crippen molar-refractivity contribution in [3.8, 4) is 11.1 Å². The van der Waals surface area contributed by atoms with Crippen molar-refractivity contribution >= 4 is 28.8 Å². The molecule has 6 heteroatoms. The number of hydrogen-bond acceptors (Lipinski definition) is 4. The van der Waals surface area contributed by atoms with Crippen LogP contribution in [0.5, 0.6) is 0 Å². The van der Waals surface area contributed by atoms with Crippen molar-refractivity contribution in [2.45, 2.75) is 40.0 Å². The second kappa shape index (κ2) is 8.62. The first kappa shape index (κ1) is 22.7. The average Bonchev–Trinajstić information content (AvgIpc) is 3.15. The summed E-state index contributed by atoms with van der Waals surface area (Å²) in [4.78, 5) is 10.1. The summed E-state index contributed by atoms with van der Waals surface area (Å²) in [5, 5.41) is 5.70. The molecule has 1 saturated heterocycles. The first-order chi connectivity index (χ1) is 16.2. The maximum absolute atomic E-state index is 6.16. The number of hydrogen-bond donors (Lipinski definition) is 0. The highest BCUT2D eigenvalue weighted by Crippen LogP contribution is 2.34. The van der Waals surface area contributed by atoms with Gasteiger partial charge in [0.1, 0.15) is 5.82 Å². The van der Waals surface area contributed by atoms with Crippen LogP contribution in [0.15, 0.2) is 54.6 Å². The molecular weight excluding hydrogens is 442 g/mol. The topological polar surface area (TPSA) is 36.7 Å². The molecule has 4 aromatic rings. The normalized spacial score (nSPS) is 14.8. The first-order valence-corrected chi connectivity index (χ1v) is 12.3. The minimum absolute atomic E-state index is 0.0745. The van der Waals surface area contributed by atoms with Crippen molar-refractivity contribution in [1.29, 1.82) is 0 Å². The number of benzene rings is 2. The van der Waals surface area contributed by atoms with E-state index in [1.807, 2.05) is 16.6 Å². The molecule has 0 N–H and O–H groups in total. The molecule has 3 heterocycles. The van der Waals surface area contributed by atoms with Gasteiger partial charge in [-0.25, -0.2) is 4.98 Å². The lowest BCUT2D eigenvalue weighted by atomic mass is 9.91. The summed E-state index contributed by atoms with van der Waals surface area (Å²) in [5.41, 5.74) is 7.70. The van der Waals surface area contributed by atoms with Crippen molar-refractivity contribution < 1.29 is 0 Å². The molecule has 0 saturated carbocycles. The minimum Gasteiger partial charge on any atom is -0.368 e. The van der Waals surface area contributed by atoms with Crippen LogP contribution < -0.4 is 9.80 Å². The van der Waals surface area contributed by atoms with Gasteiger partial charge in [0, 0.05) is 53.9 Å². The van der Waals surface area contributed by atoms with Crippen LogP contribution in [0.25, 0.3) is 16.8 Å². The summed E-state index contributed by atoms with van der Waals surface area (Å²) >= 11 is 6.16. The van der Waals surface area contributed by atoms with Gasteiger partial charge in [-0.2, -0.15) is 9.61 Å². The number of nitrogens with zero attached hydrogens (tertiary/aromatic N) is 5. The zero-order chi connectivity index (χ0) is 24.0. The van der Waals surface area contributed by atoms with Crippen LogP contribution in [0.2, 0.25) is 5.02 Å². The van der Waals surface area contributed by atoms with Crippen LogP contribution in [0.4, 0.5) is 11.5 Å². The maximum Gasteiger partial charge on any atom is 0.165 e. The van der Waals surface area contributed by atoms with Crippen molar-refractivity contribution in [3.05, 3.63) is 76.6 Å². The van der Waals surface area contributed by atoms with Gasteiger partial charge in [0.25, 0.3) is 0 Å². The van der Waals surface area contributed by atoms with Crippen LogP contribution in [0, 0.1) is 13.8 Å². The average molecular weight is 474 g/mol. The lowest BCUT2D eigenvalue weighted by molar-refractivity contribution is 0.565. The van der Waals surface area contributed by atoms with Crippen molar-refractivity contribution in [3.63, 3.8) is 0 Å². The number of fused-ring (bicyclic) bond motifs is 1. The molecule has 1 aliphatic heterocycles. The van der Waals surface area contributed by atoms with Crippen LogP contribution in [0.1, 0.15) is 37.7 Å². The number of aryl methyl sites for hydroxylation is 2. The van der Waals surface area contributed by atoms with Gasteiger partial charge in [-0.3, -0.25) is 0 Å². The number of para-hydroxylation sites is 1. The summed E-state index contributed by atoms with van der Waals surface area (Å²) in [6.07, 6.45) is 0. The Morgan fingerprint density at radius 1 is 0.853 bits per heavy atom. The highest BCUT2D eigenvalue weighted by molar-refractivity contribution is 6.30. The van der Waals surface area contributed by atoms with Gasteiger partial charge in [0.05, 0.1) is 11.4 Å². The van der Waals surface area contributed by atoms with E-state index in [1.54, 1.807) is 0 Å². The Morgan fingerprint density at radius 3 is 2.15 bits per heavy atom. The first-order valence-electron chi connectivity index (χ1n) is 11.9. The van der Waals surface area contributed by atoms with Gasteiger partial charge in [-0.15, -0.1) is 0 Å². The summed E-state index contributed by atoms with van der Waals surface area (Å²) in [7, 11) is 0. The minimum atomic E-state index is -0.0745. The lowest BCUT2D eigenvalue weighted by Gasteiger charge is -2.38. The number of piperazine rings is 1. The zero-order valence-electron chi connectivity index (χ0n) is 20.6. The fourth-order valence-electron chi connectivity index (χ4n) is 4.77. The second-order valence-electron chi connectivity index (χ2n) is 10.2. The molecule has 2 aromatic carbocycles. The Morgan fingerprint density at radius 2 is 1.50 bits per heavy atom. The predicted octanol–water partition coefficient (Wildman–Crippen LogP) is 6.29. The highest BCUT2D eigenvalue weighted by atomic mass is 35.5. The molecule has 2 aromatic heterocycles. The molecule has 1 aliphatic rings. The molecule has 5 rings (SSSR count). The SMILES string of the molecule is Cc1ccccc1N1CCN(c2cc(C(C)(C)C)nc3c(-c4ccc(Cl)cc4)c(C)nn23)CC1. The van der Waals surface area contributed by atoms with Crippen LogP contribution >= 0.6 is 11.6 Å². The van der Waals surface area contributed by atoms with Crippen LogP contribution in [-0.2, 0) is 5.41 Å². The van der Waals surface area contributed by atoms with Crippen molar-refractivity contribution in [2.75, 3.05) is 36.0 Å². The third kappa shape index (κ3) is 4.14. The largest absolute Gasteiger partial charge is 0.368 e. The molecule has 1 fully saturated rings. The van der Waals surface area contributed by atoms with E-state index in [2.05, 4.69) is 86.9 Å². The molecule has 0 amide bonds. The number of anilines is 2. The zero-order valence-corrected chi connectivity index (χ0v) is 21.4. The van der Waals surface area contributed by atoms with Crippen LogP contribution in [-0.4, -0.2) is 40.8 Å². The number of halogens is 1. The quantitative estimate of drug-likeness (QED) is 0.350. The maximum atomic E-state index is 6.16. The predicted molar refractivity (Wildman–Crippen MR) is 142 cm³/mol. The van der Waals surface area contributed by atoms with E-state index in [-0.39, 0.29) is 5.41 Å². The molecule has 0 bridgehead atoms. The third-order valence-corrected chi connectivity index (χ3v) is 6.96. The van der Waals surface area contributed by atoms with E-state index < -0.39 is 0 Å². The summed E-state index contributed by atoms with van der Waals surface area (Å²) in [5.74, 6) is 1.11. The van der Waals surface area contributed by atoms with Gasteiger partial charge < -0.3 is 9.80 Å². The molecular formula is C28H32ClN5. The molecule has 176 valence electrons.